The number of hydrogen-bond acceptors (Lipinski definition) is 5. The van der Waals surface area contributed by atoms with Crippen molar-refractivity contribution in [3.05, 3.63) is 288 Å². The van der Waals surface area contributed by atoms with Crippen LogP contribution in [0, 0.1) is 89.9 Å². The van der Waals surface area contributed by atoms with Crippen LogP contribution in [0.5, 0.6) is 0 Å². The molecular formula is C124H140N15+5. The molecule has 0 saturated carbocycles. The number of fused-ring (bicyclic) bond motifs is 15. The highest BCUT2D eigenvalue weighted by atomic mass is 15.2. The number of benzene rings is 6. The number of nitrogens with zero attached hydrogens (tertiary/aromatic N) is 15. The van der Waals surface area contributed by atoms with Crippen LogP contribution in [0.15, 0.2) is 159 Å². The van der Waals surface area contributed by atoms with Crippen LogP contribution in [0.2, 0.25) is 0 Å². The molecule has 26 rings (SSSR count). The quantitative estimate of drug-likeness (QED) is 0.120. The predicted octanol–water partition coefficient (Wildman–Crippen LogP) is 25.8. The lowest BCUT2D eigenvalue weighted by Crippen LogP contribution is -2.44. The Morgan fingerprint density at radius 1 is 0.252 bits per heavy atom. The van der Waals surface area contributed by atoms with Gasteiger partial charge in [0.1, 0.15) is 52.4 Å². The second-order valence-electron chi connectivity index (χ2n) is 46.9. The number of imidazole rings is 5. The minimum Gasteiger partial charge on any atom is -0.255 e. The lowest BCUT2D eigenvalue weighted by molar-refractivity contribution is -0.644. The van der Waals surface area contributed by atoms with E-state index in [0.29, 0.717) is 22.2 Å². The predicted molar refractivity (Wildman–Crippen MR) is 574 cm³/mol. The number of hydrogen-bond donors (Lipinski definition) is 0. The second-order valence-corrected chi connectivity index (χ2v) is 46.9. The molecule has 0 fully saturated rings. The minimum atomic E-state index is -2.34. The third-order valence-corrected chi connectivity index (χ3v) is 37.9. The van der Waals surface area contributed by atoms with Crippen LogP contribution in [-0.2, 0) is 89.4 Å². The first-order valence-corrected chi connectivity index (χ1v) is 49.6. The van der Waals surface area contributed by atoms with Gasteiger partial charge in [-0.2, -0.15) is 22.0 Å². The van der Waals surface area contributed by atoms with Crippen molar-refractivity contribution in [1.82, 2.24) is 46.9 Å². The highest BCUT2D eigenvalue weighted by molar-refractivity contribution is 6.18. The number of para-hydroxylation sites is 2. The van der Waals surface area contributed by atoms with Crippen LogP contribution < -0.4 is 22.8 Å². The molecule has 5 aliphatic heterocycles. The lowest BCUT2D eigenvalue weighted by atomic mass is 9.60. The molecule has 20 heterocycles. The van der Waals surface area contributed by atoms with Crippen LogP contribution in [0.25, 0.3) is 149 Å². The van der Waals surface area contributed by atoms with Crippen molar-refractivity contribution < 1.29 is 35.2 Å². The van der Waals surface area contributed by atoms with Gasteiger partial charge in [-0.1, -0.05) is 229 Å². The fourth-order valence-corrected chi connectivity index (χ4v) is 25.5. The van der Waals surface area contributed by atoms with Gasteiger partial charge < -0.3 is 0 Å². The molecule has 1 atom stereocenters. The van der Waals surface area contributed by atoms with E-state index in [2.05, 4.69) is 335 Å². The Morgan fingerprint density at radius 2 is 0.532 bits per heavy atom. The number of aryl methyl sites for hydroxylation is 18. The van der Waals surface area contributed by atoms with E-state index in [-0.39, 0.29) is 48.9 Å². The molecule has 1 unspecified atom stereocenters. The zero-order chi connectivity index (χ0) is 107. The minimum absolute atomic E-state index is 0.0190. The van der Waals surface area contributed by atoms with Crippen molar-refractivity contribution in [2.24, 2.45) is 35.2 Å². The zero-order valence-corrected chi connectivity index (χ0v) is 88.2. The largest absolute Gasteiger partial charge is 0.297 e. The van der Waals surface area contributed by atoms with Gasteiger partial charge in [0, 0.05) is 142 Å². The molecule has 0 aliphatic carbocycles. The van der Waals surface area contributed by atoms with Gasteiger partial charge in [0.05, 0.1) is 106 Å². The van der Waals surface area contributed by atoms with E-state index in [1.807, 2.05) is 86.8 Å². The van der Waals surface area contributed by atoms with Crippen LogP contribution in [0.1, 0.15) is 279 Å². The average Bonchev–Trinajstić information content (AvgIpc) is 1.49. The fourth-order valence-electron chi connectivity index (χ4n) is 25.5. The molecule has 0 saturated heterocycles. The van der Waals surface area contributed by atoms with Gasteiger partial charge in [0.2, 0.25) is 0 Å². The van der Waals surface area contributed by atoms with Crippen LogP contribution in [0.3, 0.4) is 0 Å². The Bertz CT molecular complexity index is 9610. The second kappa shape index (κ2) is 28.9. The molecule has 0 amide bonds. The third-order valence-electron chi connectivity index (χ3n) is 37.9. The van der Waals surface area contributed by atoms with Crippen molar-refractivity contribution in [1.29, 1.82) is 0 Å². The fraction of sp³-hybridized carbons (Fsp3) is 0.387. The maximum absolute atomic E-state index is 8.57. The van der Waals surface area contributed by atoms with Gasteiger partial charge in [0.25, 0.3) is 28.2 Å². The highest BCUT2D eigenvalue weighted by Gasteiger charge is 2.58. The summed E-state index contributed by atoms with van der Waals surface area (Å²) in [5.41, 5.74) is 42.5. The van der Waals surface area contributed by atoms with E-state index in [1.165, 1.54) is 161 Å². The summed E-state index contributed by atoms with van der Waals surface area (Å²) in [5, 5.41) is 10.9. The highest BCUT2D eigenvalue weighted by Crippen LogP contribution is 2.59. The smallest absolute Gasteiger partial charge is 0.255 e. The SMILES string of the molecule is Cc1cnc2c3c(C)ccc4c3n3c(c[n+](C)c3c2c1C)C(C)(C)C4(C)C.Cc1cnc2c3cccc4c3n3c(c(-c5ccccc5)[n+](C)c3c2c1C)C(C)(C)C4(C)C.Cc1cnc2c3cccc4c3n3c(c[n+](C)c3c2c1C)C(C)(C)C4(C)C.[2H]C([2H])([2H])c1ccc2c3c1c1ncc(C)c(C)c1c1n3c(c[n+]1C)C(C)(C([2H])([2H])[2H])C2(C)C.[2H]C([2H])([2H])c1ccc2c3c1c1ncc(C)c(C)c1c1n3c(c[n+]1C)C(C)(C)C2(C)C. The summed E-state index contributed by atoms with van der Waals surface area (Å²) in [4.78, 5) is 24.4. The molecular weight excluding hydrogens is 1700 g/mol. The summed E-state index contributed by atoms with van der Waals surface area (Å²) < 4.78 is 98.3. The van der Waals surface area contributed by atoms with E-state index in [9.17, 15) is 0 Å². The molecule has 21 aromatic rings. The number of rotatable bonds is 1. The van der Waals surface area contributed by atoms with E-state index >= 15 is 0 Å². The molecule has 15 aromatic heterocycles. The van der Waals surface area contributed by atoms with Gasteiger partial charge >= 0.3 is 0 Å². The van der Waals surface area contributed by atoms with Crippen LogP contribution in [-0.4, -0.2) is 46.9 Å². The Morgan fingerprint density at radius 3 is 0.878 bits per heavy atom. The van der Waals surface area contributed by atoms with Gasteiger partial charge in [0.15, 0.2) is 34.2 Å². The lowest BCUT2D eigenvalue weighted by Gasteiger charge is -2.43. The Kier molecular flexibility index (Phi) is 16.9. The molecule has 139 heavy (non-hydrogen) atoms. The van der Waals surface area contributed by atoms with Crippen molar-refractivity contribution >= 4 is 137 Å². The maximum atomic E-state index is 8.57. The first kappa shape index (κ1) is 81.0. The average molecular weight is 1850 g/mol. The summed E-state index contributed by atoms with van der Waals surface area (Å²) in [7, 11) is 10.6. The van der Waals surface area contributed by atoms with E-state index in [1.54, 1.807) is 25.3 Å². The number of pyridine rings is 10. The summed E-state index contributed by atoms with van der Waals surface area (Å²) in [6.07, 6.45) is 18.5. The van der Waals surface area contributed by atoms with E-state index in [0.717, 1.165) is 88.4 Å². The van der Waals surface area contributed by atoms with E-state index in [4.69, 9.17) is 37.3 Å². The first-order chi connectivity index (χ1) is 68.8. The maximum Gasteiger partial charge on any atom is 0.297 e. The van der Waals surface area contributed by atoms with Gasteiger partial charge in [-0.15, -0.1) is 0 Å². The number of aromatic nitrogens is 15. The molecule has 0 spiro atoms. The molecule has 0 N–H and O–H groups in total. The van der Waals surface area contributed by atoms with E-state index < -0.39 is 31.4 Å². The molecule has 0 radical (unpaired) electrons. The summed E-state index contributed by atoms with van der Waals surface area (Å²) in [6.45, 7) is 60.2. The van der Waals surface area contributed by atoms with Gasteiger partial charge in [-0.25, -0.2) is 22.8 Å². The summed E-state index contributed by atoms with van der Waals surface area (Å²) >= 11 is 0. The Hall–Kier alpha value is -12.9. The van der Waals surface area contributed by atoms with Gasteiger partial charge in [-0.3, -0.25) is 24.9 Å². The molecule has 6 aromatic carbocycles. The van der Waals surface area contributed by atoms with Crippen molar-refractivity contribution in [3.63, 3.8) is 0 Å². The van der Waals surface area contributed by atoms with Crippen molar-refractivity contribution in [2.75, 3.05) is 0 Å². The molecule has 0 bridgehead atoms. The molecule has 5 aliphatic rings. The Labute approximate surface area is 831 Å². The Balaban J connectivity index is 0.000000105. The monoisotopic (exact) mass is 1850 g/mol. The van der Waals surface area contributed by atoms with Crippen LogP contribution >= 0.6 is 0 Å². The normalized spacial score (nSPS) is 19.2. The van der Waals surface area contributed by atoms with Crippen LogP contribution in [0.4, 0.5) is 0 Å². The molecule has 15 nitrogen and oxygen atoms in total. The van der Waals surface area contributed by atoms with Crippen molar-refractivity contribution in [2.45, 2.75) is 282 Å². The summed E-state index contributed by atoms with van der Waals surface area (Å²) in [5.74, 6) is 0. The molecule has 15 heteroatoms. The third kappa shape index (κ3) is 11.2. The summed E-state index contributed by atoms with van der Waals surface area (Å²) in [6, 6.07) is 36.3. The standard InChI is InChI=1S/C29H30N3.3C24H28N3.C23H26N3/c1-17-16-30-23-20-14-11-15-21-25(20)32-26(29(5,6)28(21,3)4)24(19-12-9-8-10-13-19)31(7)27(32)22(23)18(17)2;3*1-13-9-10-16-21-18(13)20-19(15(3)14(2)11-25-20)22-26(8)12-17(27(21)22)24(6,7)23(16,4)5;1-13-11-24-19-15-9-8-10-16-20(15)26-17(23(5,6)22(16,3)4)12-25(7)21(26)18(19)14(13)2/h8-16H,1-7H3;3*9-12H,1-8H3;8-12H,1-7H3/q5*+1/i;1D3,6D3;1D3;;. The zero-order valence-electron chi connectivity index (χ0n) is 97.2. The topological polar surface area (TPSA) is 106 Å². The van der Waals surface area contributed by atoms with Gasteiger partial charge in [-0.05, 0) is 174 Å². The first-order valence-electron chi connectivity index (χ1n) is 54.1. The van der Waals surface area contributed by atoms with Crippen molar-refractivity contribution in [3.8, 4) is 11.3 Å². The molecule has 706 valence electrons.